The van der Waals surface area contributed by atoms with Crippen molar-refractivity contribution in [2.24, 2.45) is 5.73 Å². The molecular formula is C12H19CuNO5Si. The second kappa shape index (κ2) is 11.6. The molecule has 1 rings (SSSR count). The molecule has 0 unspecified atom stereocenters. The number of rotatable bonds is 3. The summed E-state index contributed by atoms with van der Waals surface area (Å²) in [6.45, 7) is 2.96. The van der Waals surface area contributed by atoms with Crippen molar-refractivity contribution in [3.63, 3.8) is 0 Å². The zero-order chi connectivity index (χ0) is 14.8. The third-order valence-corrected chi connectivity index (χ3v) is 1.94. The van der Waals surface area contributed by atoms with Crippen LogP contribution in [0, 0.1) is 0 Å². The van der Waals surface area contributed by atoms with Crippen molar-refractivity contribution in [3.05, 3.63) is 29.8 Å². The molecule has 0 aromatic heterocycles. The fraction of sp³-hybridized carbons (Fsp3) is 0.333. The van der Waals surface area contributed by atoms with E-state index in [-0.39, 0.29) is 29.2 Å². The van der Waals surface area contributed by atoms with Gasteiger partial charge in [-0.05, 0) is 24.1 Å². The fourth-order valence-electron chi connectivity index (χ4n) is 1.19. The minimum Gasteiger partial charge on any atom is -0.508 e. The standard InChI is InChI=1S/C11H13NO4.CH6OSi.Cu/c1-7(13)16-11(15)10(12)6-8-2-4-9(14)5-3-8;1-3-2;/h2-5,10,14H,6,12H2,1H3;2H,3H2,1H3;/t10-;;/m0../s1. The van der Waals surface area contributed by atoms with Crippen LogP contribution >= 0.6 is 0 Å². The molecule has 0 aliphatic carbocycles. The predicted octanol–water partition coefficient (Wildman–Crippen LogP) is -0.540. The van der Waals surface area contributed by atoms with Gasteiger partial charge in [0.15, 0.2) is 9.76 Å². The molecule has 1 radical (unpaired) electrons. The van der Waals surface area contributed by atoms with Crippen LogP contribution in [-0.2, 0) is 37.8 Å². The molecule has 6 nitrogen and oxygen atoms in total. The van der Waals surface area contributed by atoms with Crippen LogP contribution in [0.15, 0.2) is 24.3 Å². The van der Waals surface area contributed by atoms with Crippen LogP contribution in [0.4, 0.5) is 0 Å². The van der Waals surface area contributed by atoms with Gasteiger partial charge < -0.3 is 20.4 Å². The average molecular weight is 349 g/mol. The van der Waals surface area contributed by atoms with E-state index < -0.39 is 27.7 Å². The maximum atomic E-state index is 11.2. The zero-order valence-electron chi connectivity index (χ0n) is 11.3. The van der Waals surface area contributed by atoms with E-state index in [1.54, 1.807) is 12.1 Å². The van der Waals surface area contributed by atoms with E-state index in [4.69, 9.17) is 15.6 Å². The van der Waals surface area contributed by atoms with Crippen molar-refractivity contribution < 1.29 is 41.3 Å². The van der Waals surface area contributed by atoms with Gasteiger partial charge in [-0.25, -0.2) is 4.79 Å². The zero-order valence-corrected chi connectivity index (χ0v) is 13.7. The van der Waals surface area contributed by atoms with Gasteiger partial charge in [0.2, 0.25) is 0 Å². The molecule has 1 atom stereocenters. The maximum absolute atomic E-state index is 11.2. The van der Waals surface area contributed by atoms with Gasteiger partial charge >= 0.3 is 11.9 Å². The quantitative estimate of drug-likeness (QED) is 0.384. The topological polar surface area (TPSA) is 110 Å². The van der Waals surface area contributed by atoms with Crippen LogP contribution in [0.2, 0.25) is 6.55 Å². The molecule has 20 heavy (non-hydrogen) atoms. The van der Waals surface area contributed by atoms with Crippen molar-refractivity contribution in [1.82, 2.24) is 0 Å². The number of hydrogen-bond donors (Lipinski definition) is 3. The minimum absolute atomic E-state index is 0. The van der Waals surface area contributed by atoms with Gasteiger partial charge in [0, 0.05) is 24.0 Å². The molecule has 1 aromatic rings. The molecule has 0 amide bonds. The van der Waals surface area contributed by atoms with Crippen molar-refractivity contribution in [1.29, 1.82) is 0 Å². The number of phenolic OH excluding ortho intramolecular Hbond substituents is 1. The monoisotopic (exact) mass is 348 g/mol. The van der Waals surface area contributed by atoms with Crippen LogP contribution < -0.4 is 5.73 Å². The van der Waals surface area contributed by atoms with Gasteiger partial charge in [-0.15, -0.1) is 0 Å². The largest absolute Gasteiger partial charge is 0.508 e. The van der Waals surface area contributed by atoms with Crippen molar-refractivity contribution in [2.45, 2.75) is 25.9 Å². The molecule has 0 spiro atoms. The Kier molecular flexibility index (Phi) is 12.3. The molecule has 0 aliphatic rings. The molecule has 117 valence electrons. The number of nitrogens with two attached hydrogens (primary N) is 1. The number of carbonyl (C=O) groups excluding carboxylic acids is 2. The minimum atomic E-state index is -0.881. The number of hydrogen-bond acceptors (Lipinski definition) is 6. The first-order chi connectivity index (χ1) is 8.90. The van der Waals surface area contributed by atoms with E-state index in [9.17, 15) is 9.59 Å². The van der Waals surface area contributed by atoms with Gasteiger partial charge in [0.05, 0.1) is 0 Å². The smallest absolute Gasteiger partial charge is 0.330 e. The molecule has 0 fully saturated rings. The fourth-order valence-corrected chi connectivity index (χ4v) is 1.19. The first kappa shape index (κ1) is 21.1. The Labute approximate surface area is 130 Å². The summed E-state index contributed by atoms with van der Waals surface area (Å²) in [5, 5.41) is 9.05. The van der Waals surface area contributed by atoms with Crippen LogP contribution in [0.25, 0.3) is 0 Å². The Morgan fingerprint density at radius 2 is 1.80 bits per heavy atom. The summed E-state index contributed by atoms with van der Waals surface area (Å²) in [5.41, 5.74) is 6.33. The summed E-state index contributed by atoms with van der Waals surface area (Å²) in [4.78, 5) is 29.4. The maximum Gasteiger partial charge on any atom is 0.330 e. The predicted molar refractivity (Wildman–Crippen MR) is 73.2 cm³/mol. The second-order valence-corrected chi connectivity index (χ2v) is 4.34. The molecule has 0 saturated heterocycles. The summed E-state index contributed by atoms with van der Waals surface area (Å²) >= 11 is 0. The van der Waals surface area contributed by atoms with Crippen LogP contribution in [-0.4, -0.2) is 37.6 Å². The van der Waals surface area contributed by atoms with Crippen LogP contribution in [0.1, 0.15) is 12.5 Å². The Morgan fingerprint density at radius 1 is 1.35 bits per heavy atom. The number of ether oxygens (including phenoxy) is 1. The van der Waals surface area contributed by atoms with Crippen molar-refractivity contribution in [3.8, 4) is 5.75 Å². The summed E-state index contributed by atoms with van der Waals surface area (Å²) in [7, 11) is -0.583. The average Bonchev–Trinajstić information content (AvgIpc) is 2.32. The Morgan fingerprint density at radius 3 is 2.20 bits per heavy atom. The van der Waals surface area contributed by atoms with Gasteiger partial charge in [0.1, 0.15) is 11.8 Å². The van der Waals surface area contributed by atoms with Crippen LogP contribution in [0.5, 0.6) is 5.75 Å². The summed E-state index contributed by atoms with van der Waals surface area (Å²) in [6.07, 6.45) is 0.256. The third kappa shape index (κ3) is 9.71. The van der Waals surface area contributed by atoms with E-state index in [0.29, 0.717) is 0 Å². The summed E-state index contributed by atoms with van der Waals surface area (Å²) in [5.74, 6) is -1.28. The number of carbonyl (C=O) groups is 2. The first-order valence-corrected chi connectivity index (χ1v) is 7.82. The molecule has 4 N–H and O–H groups in total. The number of benzene rings is 1. The first-order valence-electron chi connectivity index (χ1n) is 5.77. The van der Waals surface area contributed by atoms with Gasteiger partial charge in [-0.3, -0.25) is 4.79 Å². The normalized spacial score (nSPS) is 11.0. The van der Waals surface area contributed by atoms with E-state index in [2.05, 4.69) is 4.74 Å². The van der Waals surface area contributed by atoms with Gasteiger partial charge in [-0.1, -0.05) is 18.7 Å². The Balaban J connectivity index is 0. The van der Waals surface area contributed by atoms with Gasteiger partial charge in [-0.2, -0.15) is 0 Å². The molecule has 1 aromatic carbocycles. The van der Waals surface area contributed by atoms with Gasteiger partial charge in [0.25, 0.3) is 0 Å². The Hall–Kier alpha value is -1.18. The Bertz CT molecular complexity index is 413. The van der Waals surface area contributed by atoms with Crippen molar-refractivity contribution >= 4 is 21.7 Å². The summed E-state index contributed by atoms with van der Waals surface area (Å²) in [6, 6.07) is 5.41. The second-order valence-electron chi connectivity index (χ2n) is 3.71. The molecule has 0 bridgehead atoms. The SMILES string of the molecule is CC(=O)OC(=O)[C@@H](N)Cc1ccc(O)cc1.C[SiH2]O.[Cu]. The van der Waals surface area contributed by atoms with Crippen molar-refractivity contribution in [2.75, 3.05) is 0 Å². The molecule has 0 saturated carbocycles. The van der Waals surface area contributed by atoms with E-state index in [0.717, 1.165) is 12.5 Å². The van der Waals surface area contributed by atoms with E-state index >= 15 is 0 Å². The molecular weight excluding hydrogens is 330 g/mol. The van der Waals surface area contributed by atoms with E-state index in [1.807, 2.05) is 6.55 Å². The number of phenols is 1. The third-order valence-electron chi connectivity index (χ3n) is 1.94. The molecule has 0 heterocycles. The number of aromatic hydroxyl groups is 1. The molecule has 8 heteroatoms. The van der Waals surface area contributed by atoms with E-state index in [1.165, 1.54) is 12.1 Å². The summed E-state index contributed by atoms with van der Waals surface area (Å²) < 4.78 is 4.36. The number of esters is 2. The molecule has 0 aliphatic heterocycles. The van der Waals surface area contributed by atoms with Crippen LogP contribution in [0.3, 0.4) is 0 Å².